The fraction of sp³-hybridized carbons (Fsp3) is 0.143. The summed E-state index contributed by atoms with van der Waals surface area (Å²) in [6.45, 7) is -1.58. The standard InChI is InChI=1S/C14H9BF6O/c16-13(17,18)9-3-1-5-11(7-9)15(22)12-6-2-4-10(8-12)14(19,20)21/h1-8,22H. The first-order chi connectivity index (χ1) is 10.1. The lowest BCUT2D eigenvalue weighted by Gasteiger charge is -2.13. The first-order valence-electron chi connectivity index (χ1n) is 6.11. The number of rotatable bonds is 2. The number of alkyl halides is 6. The summed E-state index contributed by atoms with van der Waals surface area (Å²) in [5.41, 5.74) is -2.21. The molecule has 0 atom stereocenters. The Kier molecular flexibility index (Phi) is 4.24. The quantitative estimate of drug-likeness (QED) is 0.667. The van der Waals surface area contributed by atoms with Gasteiger partial charge in [-0.15, -0.1) is 0 Å². The van der Waals surface area contributed by atoms with Crippen molar-refractivity contribution < 1.29 is 31.4 Å². The highest BCUT2D eigenvalue weighted by atomic mass is 19.4. The summed E-state index contributed by atoms with van der Waals surface area (Å²) < 4.78 is 75.7. The number of benzene rings is 2. The van der Waals surface area contributed by atoms with E-state index in [0.717, 1.165) is 24.3 Å². The van der Waals surface area contributed by atoms with Crippen molar-refractivity contribution in [3.8, 4) is 0 Å². The number of hydrogen-bond acceptors (Lipinski definition) is 1. The van der Waals surface area contributed by atoms with Crippen LogP contribution in [0.3, 0.4) is 0 Å². The highest BCUT2D eigenvalue weighted by molar-refractivity contribution is 6.78. The topological polar surface area (TPSA) is 20.2 Å². The summed E-state index contributed by atoms with van der Waals surface area (Å²) in [6, 6.07) is 7.70. The second kappa shape index (κ2) is 5.68. The minimum absolute atomic E-state index is 0.130. The summed E-state index contributed by atoms with van der Waals surface area (Å²) in [5.74, 6) is 0. The molecule has 0 bridgehead atoms. The van der Waals surface area contributed by atoms with Gasteiger partial charge >= 0.3 is 19.3 Å². The van der Waals surface area contributed by atoms with Crippen molar-refractivity contribution in [3.63, 3.8) is 0 Å². The minimum atomic E-state index is -4.59. The lowest BCUT2D eigenvalue weighted by atomic mass is 9.55. The molecule has 0 amide bonds. The maximum atomic E-state index is 12.6. The molecule has 1 nitrogen and oxygen atoms in total. The van der Waals surface area contributed by atoms with Crippen LogP contribution in [0.4, 0.5) is 26.3 Å². The first-order valence-corrected chi connectivity index (χ1v) is 6.11. The van der Waals surface area contributed by atoms with Crippen LogP contribution in [0.5, 0.6) is 0 Å². The Labute approximate surface area is 122 Å². The van der Waals surface area contributed by atoms with Crippen LogP contribution in [0.2, 0.25) is 0 Å². The molecule has 0 aliphatic rings. The zero-order valence-electron chi connectivity index (χ0n) is 10.9. The van der Waals surface area contributed by atoms with Crippen molar-refractivity contribution in [2.45, 2.75) is 12.4 Å². The van der Waals surface area contributed by atoms with Crippen LogP contribution in [-0.4, -0.2) is 11.9 Å². The SMILES string of the molecule is OB(c1cccc(C(F)(F)F)c1)c1cccc(C(F)(F)F)c1. The Hall–Kier alpha value is -1.96. The minimum Gasteiger partial charge on any atom is -0.443 e. The van der Waals surface area contributed by atoms with Crippen molar-refractivity contribution in [3.05, 3.63) is 59.7 Å². The van der Waals surface area contributed by atoms with Crippen LogP contribution in [0, 0.1) is 0 Å². The van der Waals surface area contributed by atoms with Gasteiger partial charge in [0.1, 0.15) is 0 Å². The molecule has 2 rings (SSSR count). The Morgan fingerprint density at radius 2 is 1.05 bits per heavy atom. The van der Waals surface area contributed by atoms with Gasteiger partial charge in [0.2, 0.25) is 0 Å². The summed E-state index contributed by atoms with van der Waals surface area (Å²) in [6.07, 6.45) is -9.19. The van der Waals surface area contributed by atoms with Crippen LogP contribution in [0.1, 0.15) is 11.1 Å². The fourth-order valence-corrected chi connectivity index (χ4v) is 1.96. The van der Waals surface area contributed by atoms with E-state index in [1.807, 2.05) is 0 Å². The zero-order valence-corrected chi connectivity index (χ0v) is 10.9. The van der Waals surface area contributed by atoms with Gasteiger partial charge in [-0.05, 0) is 10.9 Å². The molecule has 0 unspecified atom stereocenters. The molecule has 0 aliphatic carbocycles. The molecule has 0 heterocycles. The molecule has 0 fully saturated rings. The average molecular weight is 318 g/mol. The molecule has 8 heteroatoms. The molecule has 0 spiro atoms. The molecule has 0 radical (unpaired) electrons. The van der Waals surface area contributed by atoms with Crippen molar-refractivity contribution in [2.24, 2.45) is 0 Å². The summed E-state index contributed by atoms with van der Waals surface area (Å²) in [7, 11) is 0. The van der Waals surface area contributed by atoms with Gasteiger partial charge in [0.05, 0.1) is 11.1 Å². The van der Waals surface area contributed by atoms with E-state index in [-0.39, 0.29) is 10.9 Å². The van der Waals surface area contributed by atoms with Gasteiger partial charge in [0.25, 0.3) is 0 Å². The molecule has 116 valence electrons. The second-order valence-corrected chi connectivity index (χ2v) is 4.65. The zero-order chi connectivity index (χ0) is 16.5. The van der Waals surface area contributed by atoms with E-state index in [1.165, 1.54) is 12.1 Å². The van der Waals surface area contributed by atoms with Crippen molar-refractivity contribution in [1.82, 2.24) is 0 Å². The molecule has 2 aromatic rings. The Bertz CT molecular complexity index is 607. The third-order valence-corrected chi connectivity index (χ3v) is 3.06. The Morgan fingerprint density at radius 1 is 0.682 bits per heavy atom. The lowest BCUT2D eigenvalue weighted by molar-refractivity contribution is -0.138. The van der Waals surface area contributed by atoms with Crippen LogP contribution in [0.15, 0.2) is 48.5 Å². The van der Waals surface area contributed by atoms with E-state index in [2.05, 4.69) is 0 Å². The second-order valence-electron chi connectivity index (χ2n) is 4.65. The maximum Gasteiger partial charge on any atom is 0.416 e. The van der Waals surface area contributed by atoms with Gasteiger partial charge in [-0.2, -0.15) is 26.3 Å². The van der Waals surface area contributed by atoms with E-state index in [1.54, 1.807) is 0 Å². The molecule has 0 aliphatic heterocycles. The van der Waals surface area contributed by atoms with Crippen LogP contribution in [-0.2, 0) is 12.4 Å². The molecular weight excluding hydrogens is 309 g/mol. The molecule has 0 saturated heterocycles. The summed E-state index contributed by atoms with van der Waals surface area (Å²) >= 11 is 0. The molecule has 2 aromatic carbocycles. The van der Waals surface area contributed by atoms with Crippen molar-refractivity contribution in [1.29, 1.82) is 0 Å². The largest absolute Gasteiger partial charge is 0.443 e. The number of hydrogen-bond donors (Lipinski definition) is 1. The molecular formula is C14H9BF6O. The van der Waals surface area contributed by atoms with Crippen LogP contribution < -0.4 is 10.9 Å². The van der Waals surface area contributed by atoms with E-state index in [4.69, 9.17) is 0 Å². The van der Waals surface area contributed by atoms with Crippen LogP contribution >= 0.6 is 0 Å². The van der Waals surface area contributed by atoms with Crippen molar-refractivity contribution in [2.75, 3.05) is 0 Å². The van der Waals surface area contributed by atoms with Gasteiger partial charge in [-0.25, -0.2) is 0 Å². The highest BCUT2D eigenvalue weighted by Crippen LogP contribution is 2.29. The van der Waals surface area contributed by atoms with Gasteiger partial charge in [-0.3, -0.25) is 0 Å². The predicted molar refractivity (Wildman–Crippen MR) is 70.1 cm³/mol. The van der Waals surface area contributed by atoms with E-state index in [9.17, 15) is 31.4 Å². The molecule has 0 aromatic heterocycles. The fourth-order valence-electron chi connectivity index (χ4n) is 1.96. The monoisotopic (exact) mass is 318 g/mol. The average Bonchev–Trinajstić information content (AvgIpc) is 2.45. The highest BCUT2D eigenvalue weighted by Gasteiger charge is 2.33. The van der Waals surface area contributed by atoms with E-state index >= 15 is 0 Å². The molecule has 0 saturated carbocycles. The van der Waals surface area contributed by atoms with E-state index < -0.39 is 30.4 Å². The summed E-state index contributed by atoms with van der Waals surface area (Å²) in [5, 5.41) is 10.0. The smallest absolute Gasteiger partial charge is 0.416 e. The van der Waals surface area contributed by atoms with Crippen molar-refractivity contribution >= 4 is 17.8 Å². The Morgan fingerprint density at radius 3 is 1.36 bits per heavy atom. The van der Waals surface area contributed by atoms with Gasteiger partial charge < -0.3 is 5.02 Å². The van der Waals surface area contributed by atoms with Gasteiger partial charge in [0, 0.05) is 0 Å². The third kappa shape index (κ3) is 3.62. The normalized spacial score (nSPS) is 12.3. The predicted octanol–water partition coefficient (Wildman–Crippen LogP) is 2.82. The third-order valence-electron chi connectivity index (χ3n) is 3.06. The molecule has 22 heavy (non-hydrogen) atoms. The van der Waals surface area contributed by atoms with Gasteiger partial charge in [0.15, 0.2) is 0 Å². The summed E-state index contributed by atoms with van der Waals surface area (Å²) in [4.78, 5) is 0. The Balaban J connectivity index is 2.38. The van der Waals surface area contributed by atoms with Crippen LogP contribution in [0.25, 0.3) is 0 Å². The number of halogens is 6. The van der Waals surface area contributed by atoms with Gasteiger partial charge in [-0.1, -0.05) is 48.5 Å². The molecule has 1 N–H and O–H groups in total. The first kappa shape index (κ1) is 16.4. The van der Waals surface area contributed by atoms with E-state index in [0.29, 0.717) is 12.1 Å². The lowest BCUT2D eigenvalue weighted by Crippen LogP contribution is -2.43. The maximum absolute atomic E-state index is 12.6.